The molecule has 0 fully saturated rings. The van der Waals surface area contributed by atoms with E-state index >= 15 is 0 Å². The molecule has 4 nitrogen and oxygen atoms in total. The van der Waals surface area contributed by atoms with Crippen LogP contribution in [0.5, 0.6) is 0 Å². The maximum atomic E-state index is 5.06. The van der Waals surface area contributed by atoms with Gasteiger partial charge in [0.25, 0.3) is 0 Å². The number of rotatable bonds is 5. The fourth-order valence-electron chi connectivity index (χ4n) is 5.58. The second kappa shape index (κ2) is 8.65. The zero-order valence-corrected chi connectivity index (χ0v) is 20.3. The lowest BCUT2D eigenvalue weighted by atomic mass is 9.57. The van der Waals surface area contributed by atoms with Crippen molar-refractivity contribution in [2.75, 3.05) is 0 Å². The fourth-order valence-corrected chi connectivity index (χ4v) is 5.58. The zero-order chi connectivity index (χ0) is 24.6. The van der Waals surface area contributed by atoms with Crippen LogP contribution in [0.1, 0.15) is 36.6 Å². The molecule has 2 atom stereocenters. The van der Waals surface area contributed by atoms with Crippen LogP contribution in [0, 0.1) is 0 Å². The van der Waals surface area contributed by atoms with Crippen molar-refractivity contribution in [3.8, 4) is 0 Å². The Morgan fingerprint density at radius 2 is 0.833 bits per heavy atom. The number of fused-ring (bicyclic) bond motifs is 2. The van der Waals surface area contributed by atoms with Crippen molar-refractivity contribution in [3.05, 3.63) is 145 Å². The van der Waals surface area contributed by atoms with E-state index in [0.29, 0.717) is 0 Å². The average Bonchev–Trinajstić information content (AvgIpc) is 2.96. The van der Waals surface area contributed by atoms with Crippen LogP contribution in [0.2, 0.25) is 0 Å². The Balaban J connectivity index is 1.81. The molecule has 6 rings (SSSR count). The summed E-state index contributed by atoms with van der Waals surface area (Å²) in [7, 11) is 0. The second-order valence-corrected chi connectivity index (χ2v) is 9.44. The highest BCUT2D eigenvalue weighted by atomic mass is 14.9. The van der Waals surface area contributed by atoms with Gasteiger partial charge in [0.1, 0.15) is 0 Å². The number of nitrogens with zero attached hydrogens (tertiary/aromatic N) is 4. The molecule has 0 aliphatic rings. The minimum atomic E-state index is -0.722. The first-order chi connectivity index (χ1) is 17.6. The van der Waals surface area contributed by atoms with E-state index < -0.39 is 10.8 Å². The Kier molecular flexibility index (Phi) is 5.30. The highest BCUT2D eigenvalue weighted by Crippen LogP contribution is 2.53. The molecular weight excluding hydrogens is 440 g/mol. The number of pyridine rings is 4. The van der Waals surface area contributed by atoms with E-state index in [-0.39, 0.29) is 0 Å². The molecule has 0 saturated heterocycles. The van der Waals surface area contributed by atoms with Crippen molar-refractivity contribution in [1.29, 1.82) is 0 Å². The standard InChI is InChI=1S/C32H26N4/c1-31(27-15-7-9-19-33-27,29-25-13-5-3-11-23(25)17-21-35-29)32(2,28-16-8-10-20-34-28)30-26-14-6-4-12-24(26)18-22-36-30/h3-22H,1-2H3. The van der Waals surface area contributed by atoms with Gasteiger partial charge in [-0.05, 0) is 61.0 Å². The summed E-state index contributed by atoms with van der Waals surface area (Å²) >= 11 is 0. The molecule has 174 valence electrons. The minimum Gasteiger partial charge on any atom is -0.260 e. The highest BCUT2D eigenvalue weighted by molar-refractivity contribution is 5.88. The third-order valence-corrected chi connectivity index (χ3v) is 7.65. The molecule has 4 aromatic heterocycles. The number of benzene rings is 2. The third kappa shape index (κ3) is 3.22. The van der Waals surface area contributed by atoms with Crippen molar-refractivity contribution in [1.82, 2.24) is 19.9 Å². The molecule has 36 heavy (non-hydrogen) atoms. The van der Waals surface area contributed by atoms with E-state index in [1.165, 1.54) is 0 Å². The molecule has 4 heterocycles. The van der Waals surface area contributed by atoms with Crippen LogP contribution in [0.4, 0.5) is 0 Å². The van der Waals surface area contributed by atoms with Gasteiger partial charge in [0.05, 0.1) is 33.6 Å². The van der Waals surface area contributed by atoms with Crippen molar-refractivity contribution in [3.63, 3.8) is 0 Å². The predicted molar refractivity (Wildman–Crippen MR) is 145 cm³/mol. The van der Waals surface area contributed by atoms with E-state index in [4.69, 9.17) is 19.9 Å². The lowest BCUT2D eigenvalue weighted by Gasteiger charge is -2.46. The molecule has 0 aliphatic carbocycles. The largest absolute Gasteiger partial charge is 0.260 e. The van der Waals surface area contributed by atoms with E-state index in [1.54, 1.807) is 0 Å². The molecule has 0 aliphatic heterocycles. The van der Waals surface area contributed by atoms with Crippen LogP contribution < -0.4 is 0 Å². The van der Waals surface area contributed by atoms with Gasteiger partial charge < -0.3 is 0 Å². The molecular formula is C32H26N4. The van der Waals surface area contributed by atoms with Crippen LogP contribution in [0.25, 0.3) is 21.5 Å². The summed E-state index contributed by atoms with van der Waals surface area (Å²) in [5.41, 5.74) is 2.28. The van der Waals surface area contributed by atoms with Crippen LogP contribution in [0.15, 0.2) is 122 Å². The molecule has 0 radical (unpaired) electrons. The Labute approximate surface area is 210 Å². The van der Waals surface area contributed by atoms with Gasteiger partial charge in [-0.2, -0.15) is 0 Å². The highest BCUT2D eigenvalue weighted by Gasteiger charge is 2.54. The molecule has 0 spiro atoms. The molecule has 0 amide bonds. The van der Waals surface area contributed by atoms with Crippen molar-refractivity contribution in [2.24, 2.45) is 0 Å². The average molecular weight is 467 g/mol. The van der Waals surface area contributed by atoms with Gasteiger partial charge in [0.2, 0.25) is 0 Å². The summed E-state index contributed by atoms with van der Waals surface area (Å²) < 4.78 is 0. The summed E-state index contributed by atoms with van der Waals surface area (Å²) in [5, 5.41) is 4.46. The SMILES string of the molecule is CC(c1ccccn1)(c1nccc2ccccc12)C(C)(c1ccccn1)c1nccc2ccccc12. The second-order valence-electron chi connectivity index (χ2n) is 9.44. The molecule has 6 aromatic rings. The lowest BCUT2D eigenvalue weighted by molar-refractivity contribution is 0.333. The fraction of sp³-hybridized carbons (Fsp3) is 0.125. The van der Waals surface area contributed by atoms with E-state index in [2.05, 4.69) is 86.6 Å². The first-order valence-corrected chi connectivity index (χ1v) is 12.2. The Morgan fingerprint density at radius 1 is 0.417 bits per heavy atom. The van der Waals surface area contributed by atoms with Gasteiger partial charge in [0.15, 0.2) is 0 Å². The number of hydrogen-bond donors (Lipinski definition) is 0. The summed E-state index contributed by atoms with van der Waals surface area (Å²) in [6, 6.07) is 33.1. The molecule has 0 bridgehead atoms. The minimum absolute atomic E-state index is 0.722. The van der Waals surface area contributed by atoms with E-state index in [0.717, 1.165) is 44.3 Å². The topological polar surface area (TPSA) is 51.6 Å². The number of hydrogen-bond acceptors (Lipinski definition) is 4. The smallest absolute Gasteiger partial charge is 0.0690 e. The van der Waals surface area contributed by atoms with Gasteiger partial charge >= 0.3 is 0 Å². The van der Waals surface area contributed by atoms with Crippen LogP contribution in [0.3, 0.4) is 0 Å². The van der Waals surface area contributed by atoms with Crippen molar-refractivity contribution >= 4 is 21.5 Å². The monoisotopic (exact) mass is 466 g/mol. The van der Waals surface area contributed by atoms with E-state index in [9.17, 15) is 0 Å². The normalized spacial score (nSPS) is 14.8. The Bertz CT molecular complexity index is 1530. The lowest BCUT2D eigenvalue weighted by Crippen LogP contribution is -2.49. The van der Waals surface area contributed by atoms with E-state index in [1.807, 2.05) is 49.1 Å². The Morgan fingerprint density at radius 3 is 1.25 bits per heavy atom. The van der Waals surface area contributed by atoms with Gasteiger partial charge in [-0.25, -0.2) is 0 Å². The summed E-state index contributed by atoms with van der Waals surface area (Å²) in [5.74, 6) is 0. The summed E-state index contributed by atoms with van der Waals surface area (Å²) in [6.07, 6.45) is 7.50. The maximum absolute atomic E-state index is 5.06. The van der Waals surface area contributed by atoms with Gasteiger partial charge in [-0.1, -0.05) is 60.7 Å². The van der Waals surface area contributed by atoms with Gasteiger partial charge in [-0.15, -0.1) is 0 Å². The molecule has 0 saturated carbocycles. The van der Waals surface area contributed by atoms with Gasteiger partial charge in [-0.3, -0.25) is 19.9 Å². The Hall–Kier alpha value is -4.44. The van der Waals surface area contributed by atoms with Crippen molar-refractivity contribution < 1.29 is 0 Å². The quantitative estimate of drug-likeness (QED) is 0.278. The first kappa shape index (κ1) is 22.1. The van der Waals surface area contributed by atoms with Crippen molar-refractivity contribution in [2.45, 2.75) is 24.7 Å². The first-order valence-electron chi connectivity index (χ1n) is 12.2. The molecule has 2 aromatic carbocycles. The molecule has 4 heteroatoms. The van der Waals surface area contributed by atoms with Gasteiger partial charge in [0, 0.05) is 35.6 Å². The predicted octanol–water partition coefficient (Wildman–Crippen LogP) is 6.89. The maximum Gasteiger partial charge on any atom is 0.0690 e. The third-order valence-electron chi connectivity index (χ3n) is 7.65. The summed E-state index contributed by atoms with van der Waals surface area (Å²) in [4.78, 5) is 20.0. The molecule has 2 unspecified atom stereocenters. The van der Waals surface area contributed by atoms with Crippen LogP contribution in [-0.4, -0.2) is 19.9 Å². The van der Waals surface area contributed by atoms with Crippen LogP contribution in [-0.2, 0) is 10.8 Å². The van der Waals surface area contributed by atoms with Crippen LogP contribution >= 0.6 is 0 Å². The number of aromatic nitrogens is 4. The summed E-state index contributed by atoms with van der Waals surface area (Å²) in [6.45, 7) is 4.48. The zero-order valence-electron chi connectivity index (χ0n) is 20.3. The molecule has 0 N–H and O–H groups in total.